The Labute approximate surface area is 177 Å². The van der Waals surface area contributed by atoms with Crippen molar-refractivity contribution >= 4 is 11.8 Å². The van der Waals surface area contributed by atoms with E-state index in [9.17, 15) is 14.7 Å². The van der Waals surface area contributed by atoms with Crippen LogP contribution >= 0.6 is 0 Å². The van der Waals surface area contributed by atoms with Crippen LogP contribution in [0.25, 0.3) is 0 Å². The Hall–Kier alpha value is -1.96. The van der Waals surface area contributed by atoms with E-state index in [0.717, 1.165) is 25.8 Å². The highest BCUT2D eigenvalue weighted by Gasteiger charge is 2.35. The molecule has 4 rings (SSSR count). The highest BCUT2D eigenvalue weighted by molar-refractivity contribution is 5.79. The molecule has 7 heteroatoms. The van der Waals surface area contributed by atoms with Crippen molar-refractivity contribution in [2.24, 2.45) is 5.92 Å². The van der Waals surface area contributed by atoms with Gasteiger partial charge in [0.1, 0.15) is 6.10 Å². The first kappa shape index (κ1) is 21.3. The van der Waals surface area contributed by atoms with Gasteiger partial charge in [-0.3, -0.25) is 9.59 Å². The molecule has 3 atom stereocenters. The molecule has 2 fully saturated rings. The number of hydrogen-bond donors (Lipinski definition) is 2. The van der Waals surface area contributed by atoms with Gasteiger partial charge in [-0.15, -0.1) is 0 Å². The summed E-state index contributed by atoms with van der Waals surface area (Å²) >= 11 is 0. The van der Waals surface area contributed by atoms with Gasteiger partial charge in [-0.25, -0.2) is 0 Å². The van der Waals surface area contributed by atoms with Gasteiger partial charge in [0.2, 0.25) is 11.8 Å². The Kier molecular flexibility index (Phi) is 7.02. The highest BCUT2D eigenvalue weighted by Crippen LogP contribution is 2.25. The van der Waals surface area contributed by atoms with E-state index >= 15 is 0 Å². The van der Waals surface area contributed by atoms with Gasteiger partial charge in [-0.1, -0.05) is 24.3 Å². The second-order valence-electron chi connectivity index (χ2n) is 8.60. The number of nitrogens with one attached hydrogen (secondary N) is 1. The Morgan fingerprint density at radius 2 is 1.87 bits per heavy atom. The molecular weight excluding hydrogens is 384 g/mol. The first-order chi connectivity index (χ1) is 14.6. The summed E-state index contributed by atoms with van der Waals surface area (Å²) in [5.74, 6) is 0.0853. The molecule has 0 radical (unpaired) electrons. The lowest BCUT2D eigenvalue weighted by molar-refractivity contribution is -0.144. The quantitative estimate of drug-likeness (QED) is 0.758. The number of amides is 2. The number of benzene rings is 1. The van der Waals surface area contributed by atoms with Crippen LogP contribution in [0.5, 0.6) is 0 Å². The normalized spacial score (nSPS) is 27.4. The van der Waals surface area contributed by atoms with Crippen LogP contribution in [-0.4, -0.2) is 66.4 Å². The van der Waals surface area contributed by atoms with Crippen LogP contribution in [0.15, 0.2) is 24.3 Å². The maximum Gasteiger partial charge on any atom is 0.225 e. The summed E-state index contributed by atoms with van der Waals surface area (Å²) in [5.41, 5.74) is 2.53. The number of hydrogen-bond acceptors (Lipinski definition) is 5. The largest absolute Gasteiger partial charge is 0.394 e. The Bertz CT molecular complexity index is 749. The van der Waals surface area contributed by atoms with Crippen LogP contribution in [0.1, 0.15) is 43.2 Å². The van der Waals surface area contributed by atoms with Gasteiger partial charge < -0.3 is 24.8 Å². The molecule has 30 heavy (non-hydrogen) atoms. The number of aliphatic hydroxyl groups is 1. The number of fused-ring (bicyclic) bond motifs is 1. The first-order valence-electron chi connectivity index (χ1n) is 11.1. The van der Waals surface area contributed by atoms with Gasteiger partial charge in [0.15, 0.2) is 0 Å². The molecular formula is C23H32N2O5. The predicted molar refractivity (Wildman–Crippen MR) is 111 cm³/mol. The van der Waals surface area contributed by atoms with Crippen LogP contribution in [0.3, 0.4) is 0 Å². The second kappa shape index (κ2) is 9.90. The average molecular weight is 417 g/mol. The SMILES string of the molecule is O=C(N[C@@H]1CC[C@H](CC(=O)N2CCc3ccccc3C2)O[C@H]1CO)C1CCOCC1. The fraction of sp³-hybridized carbons (Fsp3) is 0.652. The molecule has 3 heterocycles. The maximum atomic E-state index is 12.8. The maximum absolute atomic E-state index is 12.8. The molecule has 3 aliphatic rings. The molecule has 3 aliphatic heterocycles. The molecule has 0 saturated carbocycles. The smallest absolute Gasteiger partial charge is 0.225 e. The highest BCUT2D eigenvalue weighted by atomic mass is 16.5. The number of rotatable bonds is 5. The number of carbonyl (C=O) groups is 2. The molecule has 1 aromatic carbocycles. The number of aliphatic hydroxyl groups excluding tert-OH is 1. The van der Waals surface area contributed by atoms with Crippen LogP contribution in [-0.2, 0) is 32.0 Å². The van der Waals surface area contributed by atoms with Crippen LogP contribution in [0, 0.1) is 5.92 Å². The standard InChI is InChI=1S/C23H32N2O5/c26-15-21-20(24-23(28)17-8-11-29-12-9-17)6-5-19(30-21)13-22(27)25-10-7-16-3-1-2-4-18(16)14-25/h1-4,17,19-21,26H,5-15H2,(H,24,28)/t19-,20-,21+/m1/s1. The zero-order valence-corrected chi connectivity index (χ0v) is 17.4. The Morgan fingerprint density at radius 3 is 2.63 bits per heavy atom. The minimum Gasteiger partial charge on any atom is -0.394 e. The monoisotopic (exact) mass is 416 g/mol. The van der Waals surface area contributed by atoms with E-state index < -0.39 is 6.10 Å². The molecule has 164 valence electrons. The van der Waals surface area contributed by atoms with Gasteiger partial charge in [-0.05, 0) is 43.2 Å². The molecule has 0 unspecified atom stereocenters. The van der Waals surface area contributed by atoms with E-state index in [2.05, 4.69) is 17.4 Å². The third kappa shape index (κ3) is 5.02. The summed E-state index contributed by atoms with van der Waals surface area (Å²) in [5, 5.41) is 12.9. The fourth-order valence-corrected chi connectivity index (χ4v) is 4.74. The second-order valence-corrected chi connectivity index (χ2v) is 8.60. The van der Waals surface area contributed by atoms with Crippen LogP contribution < -0.4 is 5.32 Å². The lowest BCUT2D eigenvalue weighted by atomic mass is 9.94. The van der Waals surface area contributed by atoms with E-state index in [0.29, 0.717) is 39.0 Å². The predicted octanol–water partition coefficient (Wildman–Crippen LogP) is 1.41. The minimum absolute atomic E-state index is 0.0202. The zero-order chi connectivity index (χ0) is 20.9. The van der Waals surface area contributed by atoms with Gasteiger partial charge in [0.25, 0.3) is 0 Å². The van der Waals surface area contributed by atoms with Crippen molar-refractivity contribution in [3.63, 3.8) is 0 Å². The number of nitrogens with zero attached hydrogens (tertiary/aromatic N) is 1. The average Bonchev–Trinajstić information content (AvgIpc) is 2.80. The summed E-state index contributed by atoms with van der Waals surface area (Å²) in [6.45, 7) is 2.45. The number of carbonyl (C=O) groups excluding carboxylic acids is 2. The molecule has 2 saturated heterocycles. The lowest BCUT2D eigenvalue weighted by Gasteiger charge is -2.38. The topological polar surface area (TPSA) is 88.1 Å². The third-order valence-electron chi connectivity index (χ3n) is 6.60. The van der Waals surface area contributed by atoms with Gasteiger partial charge >= 0.3 is 0 Å². The Morgan fingerprint density at radius 1 is 1.10 bits per heavy atom. The molecule has 0 aliphatic carbocycles. The van der Waals surface area contributed by atoms with E-state index in [1.54, 1.807) is 0 Å². The molecule has 0 aromatic heterocycles. The van der Waals surface area contributed by atoms with Crippen LogP contribution in [0.4, 0.5) is 0 Å². The number of ether oxygens (including phenoxy) is 2. The van der Waals surface area contributed by atoms with Crippen LogP contribution in [0.2, 0.25) is 0 Å². The molecule has 1 aromatic rings. The van der Waals surface area contributed by atoms with E-state index in [1.165, 1.54) is 11.1 Å². The van der Waals surface area contributed by atoms with Gasteiger partial charge in [-0.2, -0.15) is 0 Å². The molecule has 0 bridgehead atoms. The summed E-state index contributed by atoms with van der Waals surface area (Å²) in [6, 6.07) is 8.05. The van der Waals surface area contributed by atoms with Crippen molar-refractivity contribution in [3.05, 3.63) is 35.4 Å². The third-order valence-corrected chi connectivity index (χ3v) is 6.60. The van der Waals surface area contributed by atoms with E-state index in [-0.39, 0.29) is 36.5 Å². The van der Waals surface area contributed by atoms with Gasteiger partial charge in [0.05, 0.1) is 25.2 Å². The summed E-state index contributed by atoms with van der Waals surface area (Å²) < 4.78 is 11.4. The van der Waals surface area contributed by atoms with E-state index in [1.807, 2.05) is 17.0 Å². The summed E-state index contributed by atoms with van der Waals surface area (Å²) in [4.78, 5) is 27.3. The minimum atomic E-state index is -0.470. The van der Waals surface area contributed by atoms with Crippen molar-refractivity contribution in [3.8, 4) is 0 Å². The van der Waals surface area contributed by atoms with Gasteiger partial charge in [0, 0.05) is 32.2 Å². The lowest BCUT2D eigenvalue weighted by Crippen LogP contribution is -2.53. The first-order valence-corrected chi connectivity index (χ1v) is 11.1. The van der Waals surface area contributed by atoms with Crippen molar-refractivity contribution in [2.45, 2.75) is 63.3 Å². The van der Waals surface area contributed by atoms with Crippen molar-refractivity contribution in [1.29, 1.82) is 0 Å². The van der Waals surface area contributed by atoms with Crippen molar-refractivity contribution < 1.29 is 24.2 Å². The fourth-order valence-electron chi connectivity index (χ4n) is 4.74. The van der Waals surface area contributed by atoms with E-state index in [4.69, 9.17) is 9.47 Å². The molecule has 0 spiro atoms. The summed E-state index contributed by atoms with van der Waals surface area (Å²) in [6.07, 6.45) is 3.39. The molecule has 2 amide bonds. The van der Waals surface area contributed by atoms with Crippen molar-refractivity contribution in [1.82, 2.24) is 10.2 Å². The zero-order valence-electron chi connectivity index (χ0n) is 17.4. The Balaban J connectivity index is 1.27. The van der Waals surface area contributed by atoms with Crippen molar-refractivity contribution in [2.75, 3.05) is 26.4 Å². The molecule has 7 nitrogen and oxygen atoms in total. The molecule has 2 N–H and O–H groups in total. The summed E-state index contributed by atoms with van der Waals surface area (Å²) in [7, 11) is 0.